The number of nitrogens with zero attached hydrogens (tertiary/aromatic N) is 2. The van der Waals surface area contributed by atoms with Crippen LogP contribution >= 0.6 is 11.5 Å². The summed E-state index contributed by atoms with van der Waals surface area (Å²) in [7, 11) is 0. The van der Waals surface area contributed by atoms with E-state index >= 15 is 0 Å². The molecule has 112 valence electrons. The van der Waals surface area contributed by atoms with Crippen LogP contribution < -0.4 is 11.1 Å². The highest BCUT2D eigenvalue weighted by Gasteiger charge is 2.26. The van der Waals surface area contributed by atoms with Gasteiger partial charge in [-0.25, -0.2) is 0 Å². The Labute approximate surface area is 124 Å². The third kappa shape index (κ3) is 3.55. The van der Waals surface area contributed by atoms with Gasteiger partial charge in [0.1, 0.15) is 4.88 Å². The lowest BCUT2D eigenvalue weighted by atomic mass is 9.84. The van der Waals surface area contributed by atoms with E-state index in [2.05, 4.69) is 14.9 Å². The molecule has 1 aromatic heterocycles. The van der Waals surface area contributed by atoms with Crippen LogP contribution in [0.3, 0.4) is 0 Å². The van der Waals surface area contributed by atoms with Crippen LogP contribution in [0.1, 0.15) is 67.2 Å². The predicted octanol–water partition coefficient (Wildman–Crippen LogP) is 2.30. The molecule has 1 aromatic rings. The molecule has 0 radical (unpaired) electrons. The summed E-state index contributed by atoms with van der Waals surface area (Å²) in [5, 5.41) is 7.16. The fourth-order valence-corrected chi connectivity index (χ4v) is 3.59. The molecule has 6 heteroatoms. The van der Waals surface area contributed by atoms with E-state index in [1.54, 1.807) is 0 Å². The van der Waals surface area contributed by atoms with Crippen LogP contribution in [0.2, 0.25) is 0 Å². The predicted molar refractivity (Wildman–Crippen MR) is 80.9 cm³/mol. The molecule has 1 unspecified atom stereocenters. The second-order valence-corrected chi connectivity index (χ2v) is 6.61. The van der Waals surface area contributed by atoms with E-state index in [0.29, 0.717) is 17.3 Å². The van der Waals surface area contributed by atoms with Gasteiger partial charge in [-0.15, -0.1) is 5.10 Å². The Balaban J connectivity index is 2.03. The van der Waals surface area contributed by atoms with Crippen molar-refractivity contribution in [3.63, 3.8) is 0 Å². The summed E-state index contributed by atoms with van der Waals surface area (Å²) >= 11 is 1.17. The molecule has 1 heterocycles. The molecular weight excluding hydrogens is 272 g/mol. The van der Waals surface area contributed by atoms with E-state index in [1.807, 2.05) is 13.8 Å². The zero-order chi connectivity index (χ0) is 14.5. The second-order valence-electron chi connectivity index (χ2n) is 5.86. The summed E-state index contributed by atoms with van der Waals surface area (Å²) in [6.07, 6.45) is 6.13. The lowest BCUT2D eigenvalue weighted by molar-refractivity contribution is 0.0918. The third-order valence-corrected chi connectivity index (χ3v) is 4.80. The van der Waals surface area contributed by atoms with Crippen molar-refractivity contribution in [3.05, 3.63) is 10.6 Å². The van der Waals surface area contributed by atoms with Crippen LogP contribution in [-0.2, 0) is 0 Å². The van der Waals surface area contributed by atoms with Crippen molar-refractivity contribution in [1.29, 1.82) is 0 Å². The van der Waals surface area contributed by atoms with E-state index < -0.39 is 0 Å². The van der Waals surface area contributed by atoms with Crippen LogP contribution in [0.25, 0.3) is 0 Å². The number of carbonyl (C=O) groups excluding carboxylic acids is 1. The molecule has 3 N–H and O–H groups in total. The smallest absolute Gasteiger partial charge is 0.265 e. The molecule has 1 amide bonds. The molecule has 1 aliphatic rings. The van der Waals surface area contributed by atoms with Gasteiger partial charge in [0.15, 0.2) is 0 Å². The van der Waals surface area contributed by atoms with E-state index in [1.165, 1.54) is 43.6 Å². The second kappa shape index (κ2) is 7.13. The highest BCUT2D eigenvalue weighted by molar-refractivity contribution is 7.08. The minimum Gasteiger partial charge on any atom is -0.347 e. The highest BCUT2D eigenvalue weighted by atomic mass is 32.1. The Morgan fingerprint density at radius 2 is 2.10 bits per heavy atom. The van der Waals surface area contributed by atoms with E-state index in [4.69, 9.17) is 5.73 Å². The first kappa shape index (κ1) is 15.4. The minimum atomic E-state index is -0.0651. The molecule has 20 heavy (non-hydrogen) atoms. The Morgan fingerprint density at radius 3 is 2.70 bits per heavy atom. The topological polar surface area (TPSA) is 80.9 Å². The van der Waals surface area contributed by atoms with Gasteiger partial charge < -0.3 is 11.1 Å². The van der Waals surface area contributed by atoms with Crippen LogP contribution in [0.4, 0.5) is 0 Å². The fraction of sp³-hybridized carbons (Fsp3) is 0.786. The summed E-state index contributed by atoms with van der Waals surface area (Å²) in [5.41, 5.74) is 6.64. The average Bonchev–Trinajstić information content (AvgIpc) is 2.95. The number of hydrogen-bond donors (Lipinski definition) is 2. The van der Waals surface area contributed by atoms with Gasteiger partial charge in [0.2, 0.25) is 0 Å². The summed E-state index contributed by atoms with van der Waals surface area (Å²) in [5.74, 6) is 0.659. The lowest BCUT2D eigenvalue weighted by Gasteiger charge is -2.30. The summed E-state index contributed by atoms with van der Waals surface area (Å²) in [6, 6.07) is 0.0740. The number of rotatable bonds is 5. The number of aromatic nitrogens is 2. The van der Waals surface area contributed by atoms with Gasteiger partial charge in [0, 0.05) is 12.6 Å². The molecule has 1 saturated carbocycles. The average molecular weight is 296 g/mol. The Hall–Kier alpha value is -1.01. The lowest BCUT2D eigenvalue weighted by Crippen LogP contribution is -2.45. The van der Waals surface area contributed by atoms with Crippen molar-refractivity contribution in [1.82, 2.24) is 14.9 Å². The number of nitrogens with one attached hydrogen (secondary N) is 1. The number of amides is 1. The zero-order valence-electron chi connectivity index (χ0n) is 12.3. The monoisotopic (exact) mass is 296 g/mol. The normalized spacial score (nSPS) is 18.2. The van der Waals surface area contributed by atoms with E-state index in [0.717, 1.165) is 5.69 Å². The largest absolute Gasteiger partial charge is 0.347 e. The van der Waals surface area contributed by atoms with Crippen molar-refractivity contribution in [2.75, 3.05) is 6.54 Å². The van der Waals surface area contributed by atoms with Crippen molar-refractivity contribution < 1.29 is 4.79 Å². The molecule has 1 fully saturated rings. The molecule has 0 aromatic carbocycles. The maximum atomic E-state index is 12.4. The van der Waals surface area contributed by atoms with Crippen molar-refractivity contribution in [3.8, 4) is 0 Å². The first-order valence-corrected chi connectivity index (χ1v) is 8.24. The van der Waals surface area contributed by atoms with Crippen LogP contribution in [-0.4, -0.2) is 28.1 Å². The fourth-order valence-electron chi connectivity index (χ4n) is 2.87. The molecule has 2 rings (SSSR count). The van der Waals surface area contributed by atoms with Gasteiger partial charge in [0.05, 0.1) is 5.69 Å². The van der Waals surface area contributed by atoms with Crippen molar-refractivity contribution >= 4 is 17.4 Å². The maximum Gasteiger partial charge on any atom is 0.265 e. The molecule has 0 aliphatic heterocycles. The zero-order valence-corrected chi connectivity index (χ0v) is 13.1. The van der Waals surface area contributed by atoms with Crippen LogP contribution in [0, 0.1) is 5.92 Å². The number of hydrogen-bond acceptors (Lipinski definition) is 5. The van der Waals surface area contributed by atoms with E-state index in [-0.39, 0.29) is 17.9 Å². The highest BCUT2D eigenvalue weighted by Crippen LogP contribution is 2.27. The molecule has 1 aliphatic carbocycles. The Bertz CT molecular complexity index is 440. The SMILES string of the molecule is CC(C)c1nnsc1C(=O)NC(CN)C1CCCCC1. The summed E-state index contributed by atoms with van der Waals surface area (Å²) < 4.78 is 3.91. The molecule has 0 bridgehead atoms. The molecule has 0 spiro atoms. The van der Waals surface area contributed by atoms with Gasteiger partial charge in [-0.3, -0.25) is 4.79 Å². The Kier molecular flexibility index (Phi) is 5.48. The first-order valence-electron chi connectivity index (χ1n) is 7.46. The van der Waals surface area contributed by atoms with Crippen molar-refractivity contribution in [2.45, 2.75) is 57.9 Å². The van der Waals surface area contributed by atoms with Gasteiger partial charge >= 0.3 is 0 Å². The number of carbonyl (C=O) groups is 1. The standard InChI is InChI=1S/C14H24N4OS/c1-9(2)12-13(20-18-17-12)14(19)16-11(8-15)10-6-4-3-5-7-10/h9-11H,3-8,15H2,1-2H3,(H,16,19). The van der Waals surface area contributed by atoms with Gasteiger partial charge in [-0.05, 0) is 36.2 Å². The van der Waals surface area contributed by atoms with Crippen molar-refractivity contribution in [2.24, 2.45) is 11.7 Å². The third-order valence-electron chi connectivity index (χ3n) is 4.06. The molecular formula is C14H24N4OS. The minimum absolute atomic E-state index is 0.0651. The first-order chi connectivity index (χ1) is 9.63. The Morgan fingerprint density at radius 1 is 1.40 bits per heavy atom. The summed E-state index contributed by atoms with van der Waals surface area (Å²) in [4.78, 5) is 13.0. The summed E-state index contributed by atoms with van der Waals surface area (Å²) in [6.45, 7) is 4.55. The van der Waals surface area contributed by atoms with Gasteiger partial charge in [-0.1, -0.05) is 37.6 Å². The molecule has 0 saturated heterocycles. The molecule has 5 nitrogen and oxygen atoms in total. The van der Waals surface area contributed by atoms with Crippen LogP contribution in [0.15, 0.2) is 0 Å². The number of nitrogens with two attached hydrogens (primary N) is 1. The van der Waals surface area contributed by atoms with Gasteiger partial charge in [0.25, 0.3) is 5.91 Å². The van der Waals surface area contributed by atoms with E-state index in [9.17, 15) is 4.79 Å². The maximum absolute atomic E-state index is 12.4. The van der Waals surface area contributed by atoms with Gasteiger partial charge in [-0.2, -0.15) is 0 Å². The quantitative estimate of drug-likeness (QED) is 0.873. The molecule has 1 atom stereocenters. The van der Waals surface area contributed by atoms with Crippen LogP contribution in [0.5, 0.6) is 0 Å².